The zero-order valence-corrected chi connectivity index (χ0v) is 9.35. The molecule has 1 N–H and O–H groups in total. The van der Waals surface area contributed by atoms with Crippen LogP contribution >= 0.6 is 0 Å². The van der Waals surface area contributed by atoms with Crippen molar-refractivity contribution in [2.75, 3.05) is 33.2 Å². The summed E-state index contributed by atoms with van der Waals surface area (Å²) >= 11 is 0. The van der Waals surface area contributed by atoms with E-state index >= 15 is 0 Å². The van der Waals surface area contributed by atoms with E-state index < -0.39 is 5.97 Å². The topological polar surface area (TPSA) is 43.8 Å². The van der Waals surface area contributed by atoms with Gasteiger partial charge in [-0.1, -0.05) is 6.42 Å². The number of carboxylic acid groups (broad SMARTS) is 1. The first-order valence-corrected chi connectivity index (χ1v) is 5.84. The van der Waals surface area contributed by atoms with Crippen LogP contribution in [0.3, 0.4) is 0 Å². The summed E-state index contributed by atoms with van der Waals surface area (Å²) in [6.07, 6.45) is 3.76. The van der Waals surface area contributed by atoms with Crippen LogP contribution in [0.25, 0.3) is 0 Å². The van der Waals surface area contributed by atoms with Gasteiger partial charge >= 0.3 is 5.97 Å². The molecule has 4 nitrogen and oxygen atoms in total. The van der Waals surface area contributed by atoms with Crippen molar-refractivity contribution in [1.82, 2.24) is 9.80 Å². The number of rotatable bonds is 2. The molecule has 0 spiro atoms. The van der Waals surface area contributed by atoms with Gasteiger partial charge in [0.2, 0.25) is 0 Å². The Hall–Kier alpha value is -0.610. The summed E-state index contributed by atoms with van der Waals surface area (Å²) in [5, 5.41) is 9.18. The Kier molecular flexibility index (Phi) is 3.26. The standard InChI is InChI=1S/C11H20N2O2/c1-12-7-9(11(14)15)10(8-12)13-5-3-2-4-6-13/h9-10H,2-8H2,1H3,(H,14,15). The van der Waals surface area contributed by atoms with Crippen LogP contribution in [0.5, 0.6) is 0 Å². The number of carboxylic acids is 1. The van der Waals surface area contributed by atoms with Crippen molar-refractivity contribution < 1.29 is 9.90 Å². The van der Waals surface area contributed by atoms with E-state index in [1.807, 2.05) is 7.05 Å². The van der Waals surface area contributed by atoms with Crippen LogP contribution < -0.4 is 0 Å². The maximum atomic E-state index is 11.1. The molecular weight excluding hydrogens is 192 g/mol. The van der Waals surface area contributed by atoms with Crippen molar-refractivity contribution in [3.63, 3.8) is 0 Å². The molecule has 0 amide bonds. The molecule has 2 aliphatic heterocycles. The van der Waals surface area contributed by atoms with Gasteiger partial charge < -0.3 is 10.0 Å². The second-order valence-electron chi connectivity index (χ2n) is 4.83. The third-order valence-corrected chi connectivity index (χ3v) is 3.65. The van der Waals surface area contributed by atoms with Gasteiger partial charge in [-0.25, -0.2) is 0 Å². The van der Waals surface area contributed by atoms with Crippen LogP contribution in [0.4, 0.5) is 0 Å². The highest BCUT2D eigenvalue weighted by atomic mass is 16.4. The van der Waals surface area contributed by atoms with Gasteiger partial charge in [-0.3, -0.25) is 9.69 Å². The van der Waals surface area contributed by atoms with Crippen LogP contribution in [0.1, 0.15) is 19.3 Å². The van der Waals surface area contributed by atoms with Crippen LogP contribution in [0.2, 0.25) is 0 Å². The molecule has 86 valence electrons. The first-order valence-electron chi connectivity index (χ1n) is 5.84. The highest BCUT2D eigenvalue weighted by Gasteiger charge is 2.39. The molecular formula is C11H20N2O2. The molecule has 4 heteroatoms. The summed E-state index contributed by atoms with van der Waals surface area (Å²) in [6.45, 7) is 3.79. The van der Waals surface area contributed by atoms with E-state index in [9.17, 15) is 9.90 Å². The Balaban J connectivity index is 2.02. The molecule has 15 heavy (non-hydrogen) atoms. The minimum atomic E-state index is -0.630. The van der Waals surface area contributed by atoms with E-state index in [0.717, 1.165) is 19.6 Å². The number of likely N-dealkylation sites (N-methyl/N-ethyl adjacent to an activating group) is 1. The zero-order valence-electron chi connectivity index (χ0n) is 9.35. The number of hydrogen-bond donors (Lipinski definition) is 1. The maximum absolute atomic E-state index is 11.1. The molecule has 0 saturated carbocycles. The molecule has 2 saturated heterocycles. The Morgan fingerprint density at radius 2 is 1.87 bits per heavy atom. The lowest BCUT2D eigenvalue weighted by Gasteiger charge is -2.33. The molecule has 2 unspecified atom stereocenters. The molecule has 0 bridgehead atoms. The first kappa shape index (κ1) is 10.9. The highest BCUT2D eigenvalue weighted by molar-refractivity contribution is 5.71. The lowest BCUT2D eigenvalue weighted by molar-refractivity contribution is -0.143. The first-order chi connectivity index (χ1) is 7.18. The summed E-state index contributed by atoms with van der Waals surface area (Å²) in [6, 6.07) is 0.243. The number of nitrogens with zero attached hydrogens (tertiary/aromatic N) is 2. The van der Waals surface area contributed by atoms with Gasteiger partial charge in [0.05, 0.1) is 5.92 Å². The van der Waals surface area contributed by atoms with Crippen molar-refractivity contribution >= 4 is 5.97 Å². The van der Waals surface area contributed by atoms with Gasteiger partial charge in [0.1, 0.15) is 0 Å². The number of likely N-dealkylation sites (tertiary alicyclic amines) is 2. The molecule has 2 rings (SSSR count). The average molecular weight is 212 g/mol. The predicted octanol–water partition coefficient (Wildman–Crippen LogP) is 0.487. The summed E-state index contributed by atoms with van der Waals surface area (Å²) in [4.78, 5) is 15.7. The number of aliphatic carboxylic acids is 1. The SMILES string of the molecule is CN1CC(C(=O)O)C(N2CCCCC2)C1. The number of hydrogen-bond acceptors (Lipinski definition) is 3. The van der Waals surface area contributed by atoms with E-state index in [4.69, 9.17) is 0 Å². The predicted molar refractivity (Wildman–Crippen MR) is 57.8 cm³/mol. The summed E-state index contributed by atoms with van der Waals surface area (Å²) in [5.74, 6) is -0.817. The largest absolute Gasteiger partial charge is 0.481 e. The molecule has 0 aromatic carbocycles. The van der Waals surface area contributed by atoms with Gasteiger partial charge in [-0.2, -0.15) is 0 Å². The van der Waals surface area contributed by atoms with E-state index in [1.54, 1.807) is 0 Å². The van der Waals surface area contributed by atoms with Gasteiger partial charge in [0, 0.05) is 19.1 Å². The molecule has 2 heterocycles. The smallest absolute Gasteiger partial charge is 0.309 e. The summed E-state index contributed by atoms with van der Waals surface area (Å²) < 4.78 is 0. The molecule has 2 fully saturated rings. The quantitative estimate of drug-likeness (QED) is 0.723. The van der Waals surface area contributed by atoms with Crippen molar-refractivity contribution in [3.05, 3.63) is 0 Å². The van der Waals surface area contributed by atoms with Gasteiger partial charge in [-0.05, 0) is 33.0 Å². The fourth-order valence-electron chi connectivity index (χ4n) is 2.84. The molecule has 0 aliphatic carbocycles. The average Bonchev–Trinajstić information content (AvgIpc) is 2.62. The molecule has 0 radical (unpaired) electrons. The van der Waals surface area contributed by atoms with Gasteiger partial charge in [0.25, 0.3) is 0 Å². The van der Waals surface area contributed by atoms with Crippen molar-refractivity contribution in [2.45, 2.75) is 25.3 Å². The summed E-state index contributed by atoms with van der Waals surface area (Å²) in [5.41, 5.74) is 0. The molecule has 0 aromatic rings. The van der Waals surface area contributed by atoms with Crippen LogP contribution in [0.15, 0.2) is 0 Å². The van der Waals surface area contributed by atoms with E-state index in [-0.39, 0.29) is 12.0 Å². The van der Waals surface area contributed by atoms with Crippen LogP contribution in [0, 0.1) is 5.92 Å². The maximum Gasteiger partial charge on any atom is 0.309 e. The van der Waals surface area contributed by atoms with Gasteiger partial charge in [0.15, 0.2) is 0 Å². The van der Waals surface area contributed by atoms with Crippen molar-refractivity contribution in [3.8, 4) is 0 Å². The fourth-order valence-corrected chi connectivity index (χ4v) is 2.84. The third kappa shape index (κ3) is 2.32. The molecule has 2 aliphatic rings. The Morgan fingerprint density at radius 1 is 1.20 bits per heavy atom. The minimum absolute atomic E-state index is 0.187. The third-order valence-electron chi connectivity index (χ3n) is 3.65. The lowest BCUT2D eigenvalue weighted by Crippen LogP contribution is -2.45. The number of piperidine rings is 1. The Labute approximate surface area is 90.9 Å². The van der Waals surface area contributed by atoms with Crippen molar-refractivity contribution in [1.29, 1.82) is 0 Å². The second kappa shape index (κ2) is 4.49. The van der Waals surface area contributed by atoms with E-state index in [2.05, 4.69) is 9.80 Å². The Bertz CT molecular complexity index is 239. The van der Waals surface area contributed by atoms with Crippen molar-refractivity contribution in [2.24, 2.45) is 5.92 Å². The van der Waals surface area contributed by atoms with E-state index in [1.165, 1.54) is 19.3 Å². The minimum Gasteiger partial charge on any atom is -0.481 e. The van der Waals surface area contributed by atoms with Gasteiger partial charge in [-0.15, -0.1) is 0 Å². The molecule has 0 aromatic heterocycles. The van der Waals surface area contributed by atoms with Crippen LogP contribution in [-0.4, -0.2) is 60.1 Å². The highest BCUT2D eigenvalue weighted by Crippen LogP contribution is 2.24. The second-order valence-corrected chi connectivity index (χ2v) is 4.83. The number of carbonyl (C=O) groups is 1. The zero-order chi connectivity index (χ0) is 10.8. The fraction of sp³-hybridized carbons (Fsp3) is 0.909. The van der Waals surface area contributed by atoms with Crippen LogP contribution in [-0.2, 0) is 4.79 Å². The lowest BCUT2D eigenvalue weighted by atomic mass is 9.99. The monoisotopic (exact) mass is 212 g/mol. The van der Waals surface area contributed by atoms with E-state index in [0.29, 0.717) is 6.54 Å². The summed E-state index contributed by atoms with van der Waals surface area (Å²) in [7, 11) is 2.01. The Morgan fingerprint density at radius 3 is 2.47 bits per heavy atom. The normalized spacial score (nSPS) is 34.5. The molecule has 2 atom stereocenters.